The van der Waals surface area contributed by atoms with Gasteiger partial charge >= 0.3 is 0 Å². The first-order valence-corrected chi connectivity index (χ1v) is 9.99. The van der Waals surface area contributed by atoms with Crippen molar-refractivity contribution in [1.29, 1.82) is 0 Å². The Kier molecular flexibility index (Phi) is 6.08. The monoisotopic (exact) mass is 416 g/mol. The van der Waals surface area contributed by atoms with Crippen molar-refractivity contribution in [2.24, 2.45) is 0 Å². The number of oxazole rings is 1. The van der Waals surface area contributed by atoms with Crippen LogP contribution in [0.25, 0.3) is 11.1 Å². The van der Waals surface area contributed by atoms with Crippen LogP contribution in [0.5, 0.6) is 0 Å². The number of para-hydroxylation sites is 1. The summed E-state index contributed by atoms with van der Waals surface area (Å²) in [6.45, 7) is 4.18. The van der Waals surface area contributed by atoms with Crippen LogP contribution in [0.4, 0.5) is 10.1 Å². The number of amides is 1. The van der Waals surface area contributed by atoms with Crippen LogP contribution in [0.3, 0.4) is 0 Å². The van der Waals surface area contributed by atoms with Crippen LogP contribution in [0.1, 0.15) is 12.3 Å². The Morgan fingerprint density at radius 2 is 1.93 bits per heavy atom. The first-order valence-electron chi connectivity index (χ1n) is 9.61. The van der Waals surface area contributed by atoms with E-state index in [1.807, 2.05) is 12.1 Å². The van der Waals surface area contributed by atoms with Gasteiger partial charge in [-0.05, 0) is 43.8 Å². The van der Waals surface area contributed by atoms with Gasteiger partial charge in [0, 0.05) is 19.2 Å². The molecule has 0 radical (unpaired) electrons. The second kappa shape index (κ2) is 8.90. The van der Waals surface area contributed by atoms with Crippen molar-refractivity contribution in [1.82, 2.24) is 14.8 Å². The molecule has 1 aliphatic rings. The number of nitrogens with zero attached hydrogens (tertiary/aromatic N) is 3. The van der Waals surface area contributed by atoms with E-state index in [1.165, 1.54) is 12.1 Å². The van der Waals surface area contributed by atoms with Crippen molar-refractivity contribution in [3.63, 3.8) is 0 Å². The lowest BCUT2D eigenvalue weighted by Crippen LogP contribution is -2.36. The molecule has 2 heterocycles. The average Bonchev–Trinajstić information content (AvgIpc) is 2.95. The zero-order valence-electron chi connectivity index (χ0n) is 15.9. The van der Waals surface area contributed by atoms with E-state index in [2.05, 4.69) is 20.1 Å². The highest BCUT2D eigenvalue weighted by Crippen LogP contribution is 2.21. The third-order valence-corrected chi connectivity index (χ3v) is 5.28. The van der Waals surface area contributed by atoms with Crippen LogP contribution >= 0.6 is 11.6 Å². The van der Waals surface area contributed by atoms with Gasteiger partial charge in [-0.1, -0.05) is 23.7 Å². The van der Waals surface area contributed by atoms with Gasteiger partial charge in [-0.3, -0.25) is 14.6 Å². The van der Waals surface area contributed by atoms with Gasteiger partial charge < -0.3 is 9.73 Å². The summed E-state index contributed by atoms with van der Waals surface area (Å²) in [5, 5.41) is 3.40. The lowest BCUT2D eigenvalue weighted by molar-refractivity contribution is -0.117. The number of fused-ring (bicyclic) bond motifs is 1. The van der Waals surface area contributed by atoms with E-state index in [4.69, 9.17) is 16.0 Å². The van der Waals surface area contributed by atoms with Gasteiger partial charge in [0.05, 0.1) is 23.8 Å². The molecule has 2 aromatic carbocycles. The van der Waals surface area contributed by atoms with Crippen LogP contribution < -0.4 is 5.32 Å². The molecular formula is C21H22ClFN4O2. The van der Waals surface area contributed by atoms with Gasteiger partial charge in [-0.25, -0.2) is 9.37 Å². The Balaban J connectivity index is 1.30. The van der Waals surface area contributed by atoms with Crippen molar-refractivity contribution < 1.29 is 13.6 Å². The molecule has 29 heavy (non-hydrogen) atoms. The second-order valence-corrected chi connectivity index (χ2v) is 7.56. The molecule has 0 bridgehead atoms. The van der Waals surface area contributed by atoms with Gasteiger partial charge in [-0.2, -0.15) is 0 Å². The number of carbonyl (C=O) groups is 1. The number of anilines is 1. The highest BCUT2D eigenvalue weighted by Gasteiger charge is 2.19. The number of nitrogens with one attached hydrogen (secondary N) is 1. The van der Waals surface area contributed by atoms with E-state index in [-0.39, 0.29) is 11.7 Å². The maximum atomic E-state index is 13.3. The van der Waals surface area contributed by atoms with Gasteiger partial charge in [0.15, 0.2) is 5.58 Å². The van der Waals surface area contributed by atoms with Crippen LogP contribution in [-0.2, 0) is 11.3 Å². The molecule has 0 atom stereocenters. The molecule has 0 unspecified atom stereocenters. The molecule has 0 spiro atoms. The van der Waals surface area contributed by atoms with E-state index in [0.717, 1.165) is 32.6 Å². The fourth-order valence-electron chi connectivity index (χ4n) is 3.50. The summed E-state index contributed by atoms with van der Waals surface area (Å²) in [4.78, 5) is 21.2. The van der Waals surface area contributed by atoms with Gasteiger partial charge in [-0.15, -0.1) is 0 Å². The first kappa shape index (κ1) is 19.8. The minimum atomic E-state index is -0.333. The minimum absolute atomic E-state index is 0.0764. The molecule has 0 saturated carbocycles. The Hall–Kier alpha value is -2.48. The fraction of sp³-hybridized carbons (Fsp3) is 0.333. The SMILES string of the molecule is O=C(CN1CCCN(Cc2nc3ccc(F)cc3o2)CC1)Nc1ccccc1Cl. The Labute approximate surface area is 173 Å². The summed E-state index contributed by atoms with van der Waals surface area (Å²) in [7, 11) is 0. The summed E-state index contributed by atoms with van der Waals surface area (Å²) in [5.41, 5.74) is 1.75. The highest BCUT2D eigenvalue weighted by molar-refractivity contribution is 6.33. The van der Waals surface area contributed by atoms with E-state index in [1.54, 1.807) is 18.2 Å². The summed E-state index contributed by atoms with van der Waals surface area (Å²) in [6, 6.07) is 11.6. The van der Waals surface area contributed by atoms with Crippen LogP contribution in [0.2, 0.25) is 5.02 Å². The second-order valence-electron chi connectivity index (χ2n) is 7.15. The van der Waals surface area contributed by atoms with Crippen molar-refractivity contribution in [3.8, 4) is 0 Å². The molecule has 6 nitrogen and oxygen atoms in total. The molecule has 152 valence electrons. The Morgan fingerprint density at radius 3 is 2.79 bits per heavy atom. The lowest BCUT2D eigenvalue weighted by atomic mass is 10.3. The van der Waals surface area contributed by atoms with Gasteiger partial charge in [0.2, 0.25) is 11.8 Å². The predicted octanol–water partition coefficient (Wildman–Crippen LogP) is 3.77. The quantitative estimate of drug-likeness (QED) is 0.686. The molecule has 1 saturated heterocycles. The molecular weight excluding hydrogens is 395 g/mol. The molecule has 1 N–H and O–H groups in total. The summed E-state index contributed by atoms with van der Waals surface area (Å²) < 4.78 is 19.0. The number of rotatable bonds is 5. The number of halogens is 2. The van der Waals surface area contributed by atoms with E-state index < -0.39 is 0 Å². The molecule has 1 fully saturated rings. The molecule has 8 heteroatoms. The molecule has 0 aliphatic carbocycles. The van der Waals surface area contributed by atoms with Crippen molar-refractivity contribution in [2.45, 2.75) is 13.0 Å². The number of hydrogen-bond donors (Lipinski definition) is 1. The van der Waals surface area contributed by atoms with Crippen molar-refractivity contribution in [2.75, 3.05) is 38.0 Å². The first-order chi connectivity index (χ1) is 14.1. The smallest absolute Gasteiger partial charge is 0.238 e. The van der Waals surface area contributed by atoms with E-state index >= 15 is 0 Å². The normalized spacial score (nSPS) is 16.1. The van der Waals surface area contributed by atoms with E-state index in [0.29, 0.717) is 40.8 Å². The van der Waals surface area contributed by atoms with E-state index in [9.17, 15) is 9.18 Å². The predicted molar refractivity (Wildman–Crippen MR) is 110 cm³/mol. The van der Waals surface area contributed by atoms with Gasteiger partial charge in [0.25, 0.3) is 0 Å². The largest absolute Gasteiger partial charge is 0.439 e. The number of hydrogen-bond acceptors (Lipinski definition) is 5. The highest BCUT2D eigenvalue weighted by atomic mass is 35.5. The molecule has 3 aromatic rings. The molecule has 1 amide bonds. The summed E-state index contributed by atoms with van der Waals surface area (Å²) in [5.74, 6) is 0.170. The fourth-order valence-corrected chi connectivity index (χ4v) is 3.68. The third-order valence-electron chi connectivity index (χ3n) is 4.95. The maximum Gasteiger partial charge on any atom is 0.238 e. The summed E-state index contributed by atoms with van der Waals surface area (Å²) >= 11 is 6.10. The lowest BCUT2D eigenvalue weighted by Gasteiger charge is -2.20. The average molecular weight is 417 g/mol. The van der Waals surface area contributed by atoms with Crippen molar-refractivity contribution >= 4 is 34.3 Å². The number of aromatic nitrogens is 1. The van der Waals surface area contributed by atoms with Crippen LogP contribution in [0, 0.1) is 5.82 Å². The van der Waals surface area contributed by atoms with Gasteiger partial charge in [0.1, 0.15) is 11.3 Å². The van der Waals surface area contributed by atoms with Crippen molar-refractivity contribution in [3.05, 3.63) is 59.2 Å². The summed E-state index contributed by atoms with van der Waals surface area (Å²) in [6.07, 6.45) is 0.939. The number of benzene rings is 2. The van der Waals surface area contributed by atoms with Crippen LogP contribution in [-0.4, -0.2) is 53.4 Å². The molecule has 1 aliphatic heterocycles. The zero-order chi connectivity index (χ0) is 20.2. The zero-order valence-corrected chi connectivity index (χ0v) is 16.7. The maximum absolute atomic E-state index is 13.3. The standard InChI is InChI=1S/C21H22ClFN4O2/c22-16-4-1-2-5-17(16)24-20(28)13-26-8-3-9-27(11-10-26)14-21-25-18-7-6-15(23)12-19(18)29-21/h1-2,4-7,12H,3,8-11,13-14H2,(H,24,28). The Bertz CT molecular complexity index is 1010. The topological polar surface area (TPSA) is 61.6 Å². The molecule has 1 aromatic heterocycles. The van der Waals surface area contributed by atoms with Crippen LogP contribution in [0.15, 0.2) is 46.9 Å². The third kappa shape index (κ3) is 5.12. The Morgan fingerprint density at radius 1 is 1.14 bits per heavy atom. The number of carbonyl (C=O) groups excluding carboxylic acids is 1. The molecule has 4 rings (SSSR count). The minimum Gasteiger partial charge on any atom is -0.439 e.